The average molecular weight is 446 g/mol. The molecule has 158 valence electrons. The van der Waals surface area contributed by atoms with Gasteiger partial charge in [0, 0.05) is 16.6 Å². The Kier molecular flexibility index (Phi) is 5.75. The van der Waals surface area contributed by atoms with Gasteiger partial charge in [0.1, 0.15) is 12.3 Å². The van der Waals surface area contributed by atoms with Gasteiger partial charge < -0.3 is 15.0 Å². The Labute approximate surface area is 180 Å². The van der Waals surface area contributed by atoms with Crippen molar-refractivity contribution in [2.24, 2.45) is 4.99 Å². The maximum atomic E-state index is 12.8. The second-order valence-corrected chi connectivity index (χ2v) is 10.8. The number of hydrogen-bond donors (Lipinski definition) is 1. The van der Waals surface area contributed by atoms with Gasteiger partial charge in [0.15, 0.2) is 15.0 Å². The van der Waals surface area contributed by atoms with Gasteiger partial charge in [0.25, 0.3) is 0 Å². The molecule has 2 heterocycles. The van der Waals surface area contributed by atoms with Crippen LogP contribution in [0, 0.1) is 6.92 Å². The topological polar surface area (TPSA) is 88.1 Å². The first-order chi connectivity index (χ1) is 14.3. The lowest BCUT2D eigenvalue weighted by Crippen LogP contribution is -2.36. The molecule has 2 unspecified atom stereocenters. The van der Waals surface area contributed by atoms with Crippen LogP contribution < -0.4 is 15.0 Å². The van der Waals surface area contributed by atoms with E-state index in [1.165, 1.54) is 11.8 Å². The molecule has 4 rings (SSSR count). The first kappa shape index (κ1) is 20.7. The zero-order chi connectivity index (χ0) is 21.3. The maximum Gasteiger partial charge on any atom is 0.244 e. The van der Waals surface area contributed by atoms with Crippen LogP contribution in [0.25, 0.3) is 0 Å². The zero-order valence-electron chi connectivity index (χ0n) is 16.7. The summed E-state index contributed by atoms with van der Waals surface area (Å²) in [4.78, 5) is 19.3. The number of methoxy groups -OCH3 is 1. The summed E-state index contributed by atoms with van der Waals surface area (Å²) >= 11 is 1.43. The number of amides is 1. The number of aryl methyl sites for hydroxylation is 1. The SMILES string of the molecule is COc1ccc(N(CC(=O)Nc2ccc(C)cc2)C2=NC3CS(=O)(=O)CC3S2)cc1. The fraction of sp³-hybridized carbons (Fsp3) is 0.333. The van der Waals surface area contributed by atoms with E-state index in [0.29, 0.717) is 10.9 Å². The maximum absolute atomic E-state index is 12.8. The van der Waals surface area contributed by atoms with Gasteiger partial charge >= 0.3 is 0 Å². The van der Waals surface area contributed by atoms with E-state index in [1.807, 2.05) is 60.4 Å². The molecule has 30 heavy (non-hydrogen) atoms. The van der Waals surface area contributed by atoms with Crippen LogP contribution in [-0.2, 0) is 14.6 Å². The van der Waals surface area contributed by atoms with Gasteiger partial charge in [-0.15, -0.1) is 0 Å². The number of nitrogens with one attached hydrogen (secondary N) is 1. The van der Waals surface area contributed by atoms with Crippen molar-refractivity contribution >= 4 is 44.0 Å². The summed E-state index contributed by atoms with van der Waals surface area (Å²) in [6.45, 7) is 2.06. The normalized spacial score (nSPS) is 21.6. The number of carbonyl (C=O) groups is 1. The van der Waals surface area contributed by atoms with Gasteiger partial charge in [-0.2, -0.15) is 0 Å². The summed E-state index contributed by atoms with van der Waals surface area (Å²) < 4.78 is 29.0. The Morgan fingerprint density at radius 1 is 1.17 bits per heavy atom. The molecule has 2 aromatic rings. The molecule has 2 atom stereocenters. The van der Waals surface area contributed by atoms with Crippen LogP contribution >= 0.6 is 11.8 Å². The van der Waals surface area contributed by atoms with Gasteiger partial charge in [-0.1, -0.05) is 29.5 Å². The van der Waals surface area contributed by atoms with Crippen LogP contribution in [-0.4, -0.2) is 55.9 Å². The van der Waals surface area contributed by atoms with Crippen molar-refractivity contribution in [1.82, 2.24) is 0 Å². The van der Waals surface area contributed by atoms with E-state index >= 15 is 0 Å². The molecule has 0 aromatic heterocycles. The second-order valence-electron chi connectivity index (χ2n) is 7.41. The highest BCUT2D eigenvalue weighted by molar-refractivity contribution is 8.15. The van der Waals surface area contributed by atoms with Crippen LogP contribution in [0.15, 0.2) is 53.5 Å². The Morgan fingerprint density at radius 2 is 1.87 bits per heavy atom. The third kappa shape index (κ3) is 4.62. The number of sulfone groups is 1. The van der Waals surface area contributed by atoms with Crippen LogP contribution in [0.4, 0.5) is 11.4 Å². The molecule has 2 aliphatic heterocycles. The summed E-state index contributed by atoms with van der Waals surface area (Å²) in [5.41, 5.74) is 2.64. The predicted octanol–water partition coefficient (Wildman–Crippen LogP) is 2.72. The molecular formula is C21H23N3O4S2. The molecule has 2 aliphatic rings. The molecule has 0 radical (unpaired) electrons. The van der Waals surface area contributed by atoms with Crippen LogP contribution in [0.1, 0.15) is 5.56 Å². The summed E-state index contributed by atoms with van der Waals surface area (Å²) in [5, 5.41) is 3.49. The summed E-state index contributed by atoms with van der Waals surface area (Å²) in [6.07, 6.45) is 0. The van der Waals surface area contributed by atoms with Gasteiger partial charge in [-0.3, -0.25) is 9.79 Å². The molecule has 2 aromatic carbocycles. The van der Waals surface area contributed by atoms with E-state index in [-0.39, 0.29) is 35.2 Å². The van der Waals surface area contributed by atoms with E-state index in [1.54, 1.807) is 7.11 Å². The Hall–Kier alpha value is -2.52. The molecule has 0 bridgehead atoms. The molecule has 7 nitrogen and oxygen atoms in total. The van der Waals surface area contributed by atoms with Crippen LogP contribution in [0.2, 0.25) is 0 Å². The van der Waals surface area contributed by atoms with Gasteiger partial charge in [0.2, 0.25) is 5.91 Å². The fourth-order valence-electron chi connectivity index (χ4n) is 3.48. The second kappa shape index (κ2) is 8.31. The molecule has 1 N–H and O–H groups in total. The van der Waals surface area contributed by atoms with E-state index in [2.05, 4.69) is 10.3 Å². The third-order valence-electron chi connectivity index (χ3n) is 5.06. The first-order valence-corrected chi connectivity index (χ1v) is 12.3. The number of thioether (sulfide) groups is 1. The number of carbonyl (C=O) groups excluding carboxylic acids is 1. The molecule has 9 heteroatoms. The average Bonchev–Trinajstić information content (AvgIpc) is 3.21. The molecule has 1 saturated heterocycles. The first-order valence-electron chi connectivity index (χ1n) is 9.56. The lowest BCUT2D eigenvalue weighted by atomic mass is 10.2. The van der Waals surface area contributed by atoms with E-state index in [9.17, 15) is 13.2 Å². The predicted molar refractivity (Wildman–Crippen MR) is 121 cm³/mol. The van der Waals surface area contributed by atoms with Crippen molar-refractivity contribution in [2.45, 2.75) is 18.2 Å². The Balaban J connectivity index is 1.56. The lowest BCUT2D eigenvalue weighted by molar-refractivity contribution is -0.114. The number of benzene rings is 2. The van der Waals surface area contributed by atoms with Crippen molar-refractivity contribution in [2.75, 3.05) is 35.4 Å². The molecular weight excluding hydrogens is 422 g/mol. The highest BCUT2D eigenvalue weighted by Crippen LogP contribution is 2.37. The molecule has 1 fully saturated rings. The lowest BCUT2D eigenvalue weighted by Gasteiger charge is -2.24. The van der Waals surface area contributed by atoms with Crippen LogP contribution in [0.5, 0.6) is 5.75 Å². The highest BCUT2D eigenvalue weighted by Gasteiger charge is 2.44. The fourth-order valence-corrected chi connectivity index (χ4v) is 7.26. The molecule has 1 amide bonds. The zero-order valence-corrected chi connectivity index (χ0v) is 18.4. The largest absolute Gasteiger partial charge is 0.497 e. The van der Waals surface area contributed by atoms with Crippen LogP contribution in [0.3, 0.4) is 0 Å². The number of ether oxygens (including phenoxy) is 1. The number of fused-ring (bicyclic) bond motifs is 1. The molecule has 0 aliphatic carbocycles. The minimum absolute atomic E-state index is 0.0677. The quantitative estimate of drug-likeness (QED) is 0.761. The summed E-state index contributed by atoms with van der Waals surface area (Å²) in [6, 6.07) is 14.7. The smallest absolute Gasteiger partial charge is 0.244 e. The van der Waals surface area contributed by atoms with Gasteiger partial charge in [-0.25, -0.2) is 8.42 Å². The molecule has 0 spiro atoms. The standard InChI is InChI=1S/C21H23N3O4S2/c1-14-3-5-15(6-4-14)22-20(25)11-24(16-7-9-17(28-2)10-8-16)21-23-18-12-30(26,27)13-19(18)29-21/h3-10,18-19H,11-13H2,1-2H3,(H,22,25). The molecule has 0 saturated carbocycles. The number of hydrogen-bond acceptors (Lipinski definition) is 7. The van der Waals surface area contributed by atoms with E-state index in [0.717, 1.165) is 16.9 Å². The third-order valence-corrected chi connectivity index (χ3v) is 8.30. The van der Waals surface area contributed by atoms with Crippen molar-refractivity contribution in [3.8, 4) is 5.75 Å². The Bertz CT molecular complexity index is 1070. The van der Waals surface area contributed by atoms with E-state index in [4.69, 9.17) is 4.74 Å². The number of rotatable bonds is 5. The number of nitrogens with zero attached hydrogens (tertiary/aromatic N) is 2. The van der Waals surface area contributed by atoms with Crippen molar-refractivity contribution < 1.29 is 17.9 Å². The minimum atomic E-state index is -3.04. The number of anilines is 2. The summed E-state index contributed by atoms with van der Waals surface area (Å²) in [7, 11) is -1.44. The van der Waals surface area contributed by atoms with Crippen molar-refractivity contribution in [3.63, 3.8) is 0 Å². The monoisotopic (exact) mass is 445 g/mol. The minimum Gasteiger partial charge on any atom is -0.497 e. The highest BCUT2D eigenvalue weighted by atomic mass is 32.2. The summed E-state index contributed by atoms with van der Waals surface area (Å²) in [5.74, 6) is 0.732. The number of aliphatic imine (C=N–C) groups is 1. The Morgan fingerprint density at radius 3 is 2.50 bits per heavy atom. The van der Waals surface area contributed by atoms with Crippen molar-refractivity contribution in [1.29, 1.82) is 0 Å². The number of amidine groups is 1. The van der Waals surface area contributed by atoms with Gasteiger partial charge in [-0.05, 0) is 43.3 Å². The van der Waals surface area contributed by atoms with E-state index < -0.39 is 9.84 Å². The van der Waals surface area contributed by atoms with Gasteiger partial charge in [0.05, 0.1) is 24.7 Å². The van der Waals surface area contributed by atoms with Crippen molar-refractivity contribution in [3.05, 3.63) is 54.1 Å².